The first kappa shape index (κ1) is 44.2. The van der Waals surface area contributed by atoms with Crippen molar-refractivity contribution in [3.8, 4) is 22.3 Å². The molecule has 4 heteroatoms. The molecule has 2 heterocycles. The third-order valence-electron chi connectivity index (χ3n) is 17.6. The molecule has 0 amide bonds. The highest BCUT2D eigenvalue weighted by Crippen LogP contribution is 2.55. The molecule has 7 aromatic carbocycles. The molecule has 0 atom stereocenters. The van der Waals surface area contributed by atoms with Gasteiger partial charge < -0.3 is 14.6 Å². The minimum absolute atomic E-state index is 0.0454. The molecule has 3 aliphatic carbocycles. The van der Waals surface area contributed by atoms with Gasteiger partial charge in [0.1, 0.15) is 11.2 Å². The van der Waals surface area contributed by atoms with Crippen molar-refractivity contribution in [2.75, 3.05) is 10.2 Å². The van der Waals surface area contributed by atoms with Crippen molar-refractivity contribution in [2.24, 2.45) is 0 Å². The lowest BCUT2D eigenvalue weighted by atomic mass is 9.55. The van der Waals surface area contributed by atoms with Crippen LogP contribution in [0.2, 0.25) is 0 Å². The molecule has 4 aliphatic rings. The van der Waals surface area contributed by atoms with Crippen LogP contribution in [0.3, 0.4) is 0 Å². The lowest BCUT2D eigenvalue weighted by Gasteiger charge is -2.45. The molecule has 1 radical (unpaired) electrons. The maximum Gasteiger partial charge on any atom is 0.198 e. The van der Waals surface area contributed by atoms with Gasteiger partial charge in [0, 0.05) is 55.8 Å². The lowest BCUT2D eigenvalue weighted by molar-refractivity contribution is 0.332. The molecule has 1 aromatic heterocycles. The first-order valence-corrected chi connectivity index (χ1v) is 25.7. The molecule has 0 spiro atoms. The highest BCUT2D eigenvalue weighted by atomic mass is 16.3. The molecule has 347 valence electrons. The Kier molecular flexibility index (Phi) is 9.32. The van der Waals surface area contributed by atoms with Gasteiger partial charge in [0.25, 0.3) is 0 Å². The summed E-state index contributed by atoms with van der Waals surface area (Å²) in [5.74, 6) is 0. The van der Waals surface area contributed by atoms with E-state index in [0.29, 0.717) is 0 Å². The Labute approximate surface area is 412 Å². The first-order chi connectivity index (χ1) is 32.5. The predicted molar refractivity (Wildman–Crippen MR) is 295 cm³/mol. The number of nitrogens with zero attached hydrogens (tertiary/aromatic N) is 1. The Balaban J connectivity index is 1.19. The fourth-order valence-corrected chi connectivity index (χ4v) is 12.9. The topological polar surface area (TPSA) is 28.4 Å². The minimum Gasteiger partial charge on any atom is -0.455 e. The number of nitrogens with one attached hydrogen (secondary N) is 1. The van der Waals surface area contributed by atoms with E-state index in [-0.39, 0.29) is 32.5 Å². The number of hydrogen-bond donors (Lipinski definition) is 1. The third-order valence-corrected chi connectivity index (χ3v) is 17.6. The third kappa shape index (κ3) is 6.67. The summed E-state index contributed by atoms with van der Waals surface area (Å²) < 4.78 is 7.23. The molecule has 3 nitrogen and oxygen atoms in total. The number of anilines is 5. The molecule has 0 saturated heterocycles. The minimum atomic E-state index is -0.182. The smallest absolute Gasteiger partial charge is 0.198 e. The molecule has 69 heavy (non-hydrogen) atoms. The number of benzene rings is 7. The van der Waals surface area contributed by atoms with Gasteiger partial charge in [-0.15, -0.1) is 0 Å². The van der Waals surface area contributed by atoms with Gasteiger partial charge in [-0.2, -0.15) is 0 Å². The fourth-order valence-electron chi connectivity index (χ4n) is 12.9. The van der Waals surface area contributed by atoms with Gasteiger partial charge in [0.2, 0.25) is 0 Å². The summed E-state index contributed by atoms with van der Waals surface area (Å²) in [5, 5.41) is 6.31. The molecule has 0 saturated carbocycles. The van der Waals surface area contributed by atoms with Gasteiger partial charge in [-0.3, -0.25) is 0 Å². The van der Waals surface area contributed by atoms with E-state index in [1.807, 2.05) is 0 Å². The zero-order valence-corrected chi connectivity index (χ0v) is 43.3. The van der Waals surface area contributed by atoms with E-state index in [1.165, 1.54) is 84.5 Å². The van der Waals surface area contributed by atoms with E-state index < -0.39 is 0 Å². The van der Waals surface area contributed by atoms with Crippen LogP contribution < -0.4 is 21.1 Å². The number of rotatable bonds is 4. The van der Waals surface area contributed by atoms with Gasteiger partial charge in [0.05, 0.1) is 0 Å². The molecule has 0 bridgehead atoms. The fraction of sp³-hybridized carbons (Fsp3) is 0.354. The maximum absolute atomic E-state index is 7.23. The number of fused-ring (bicyclic) bond motifs is 10. The average Bonchev–Trinajstić information content (AvgIpc) is 3.78. The van der Waals surface area contributed by atoms with Crippen molar-refractivity contribution >= 4 is 68.6 Å². The number of hydrogen-bond acceptors (Lipinski definition) is 3. The second kappa shape index (κ2) is 14.5. The van der Waals surface area contributed by atoms with Gasteiger partial charge in [-0.05, 0) is 163 Å². The monoisotopic (exact) mass is 904 g/mol. The first-order valence-electron chi connectivity index (χ1n) is 25.7. The van der Waals surface area contributed by atoms with Crippen LogP contribution >= 0.6 is 0 Å². The molecule has 0 unspecified atom stereocenters. The molecular weight excluding hydrogens is 836 g/mol. The van der Waals surface area contributed by atoms with Crippen LogP contribution in [0.15, 0.2) is 126 Å². The molecule has 0 fully saturated rings. The Morgan fingerprint density at radius 1 is 0.522 bits per heavy atom. The normalized spacial score (nSPS) is 18.7. The second-order valence-corrected chi connectivity index (χ2v) is 25.4. The van der Waals surface area contributed by atoms with Crippen LogP contribution in [-0.2, 0) is 32.5 Å². The maximum atomic E-state index is 7.23. The summed E-state index contributed by atoms with van der Waals surface area (Å²) in [6.45, 7) is 31.2. The van der Waals surface area contributed by atoms with Crippen molar-refractivity contribution < 1.29 is 4.42 Å². The van der Waals surface area contributed by atoms with E-state index >= 15 is 0 Å². The van der Waals surface area contributed by atoms with Crippen molar-refractivity contribution in [3.05, 3.63) is 160 Å². The molecule has 12 rings (SSSR count). The summed E-state index contributed by atoms with van der Waals surface area (Å²) in [6.07, 6.45) is 4.66. The van der Waals surface area contributed by atoms with Crippen LogP contribution in [-0.4, -0.2) is 7.28 Å². The summed E-state index contributed by atoms with van der Waals surface area (Å²) >= 11 is 0. The zero-order chi connectivity index (χ0) is 48.4. The van der Waals surface area contributed by atoms with Gasteiger partial charge in [-0.25, -0.2) is 0 Å². The summed E-state index contributed by atoms with van der Waals surface area (Å²) in [7, 11) is 2.51. The second-order valence-electron chi connectivity index (χ2n) is 25.4. The van der Waals surface area contributed by atoms with Crippen LogP contribution in [0.25, 0.3) is 44.2 Å². The highest BCUT2D eigenvalue weighted by molar-refractivity contribution is 6.74. The van der Waals surface area contributed by atoms with Gasteiger partial charge in [0.15, 0.2) is 7.28 Å². The van der Waals surface area contributed by atoms with Crippen LogP contribution in [0.5, 0.6) is 0 Å². The van der Waals surface area contributed by atoms with Gasteiger partial charge in [-0.1, -0.05) is 162 Å². The SMILES string of the molecule is CC(C)(C)c1ccc(Nc2cc3c(cc2-c2c4c(cc5c2oc2ccccc25)N(c2ccc5c(c2)C(C)(C)CCC5(C)C)c2cc5c(cc2[B]4)C(C)(C)CCC5(C)C)-c2ccccc2C3(C)C)cc1. The Hall–Kier alpha value is -6.00. The van der Waals surface area contributed by atoms with Crippen LogP contribution in [0.4, 0.5) is 28.4 Å². The van der Waals surface area contributed by atoms with E-state index in [1.54, 1.807) is 0 Å². The molecule has 1 N–H and O–H groups in total. The zero-order valence-electron chi connectivity index (χ0n) is 43.3. The summed E-state index contributed by atoms with van der Waals surface area (Å²) in [4.78, 5) is 2.63. The van der Waals surface area contributed by atoms with E-state index in [9.17, 15) is 0 Å². The standard InChI is InChI=1S/C65H68BN2O/c1-60(2,3)38-22-24-39(25-23-38)67-53-36-48-43(41-18-14-16-20-46(41)65(48,12)13)33-45(53)57-58-55(34-44-42-19-15-17-21-56(42)69-59(44)57)68(40-26-27-47-49(32-40)62(6,7)29-28-61(47,4)5)54-37-51-50(35-52(54)66-58)63(8,9)30-31-64(51,10)11/h14-27,32-37,67H,28-31H2,1-13H3. The van der Waals surface area contributed by atoms with Crippen LogP contribution in [0.1, 0.15) is 155 Å². The average molecular weight is 904 g/mol. The lowest BCUT2D eigenvalue weighted by Crippen LogP contribution is -2.44. The van der Waals surface area contributed by atoms with Crippen LogP contribution in [0, 0.1) is 0 Å². The van der Waals surface area contributed by atoms with E-state index in [2.05, 4.69) is 229 Å². The van der Waals surface area contributed by atoms with E-state index in [0.717, 1.165) is 63.7 Å². The largest absolute Gasteiger partial charge is 0.455 e. The number of furan rings is 1. The van der Waals surface area contributed by atoms with Crippen molar-refractivity contribution in [3.63, 3.8) is 0 Å². The molecule has 1 aliphatic heterocycles. The van der Waals surface area contributed by atoms with Crippen molar-refractivity contribution in [1.29, 1.82) is 0 Å². The predicted octanol–water partition coefficient (Wildman–Crippen LogP) is 16.7. The summed E-state index contributed by atoms with van der Waals surface area (Å²) in [5.41, 5.74) is 24.9. The Morgan fingerprint density at radius 2 is 1.14 bits per heavy atom. The summed E-state index contributed by atoms with van der Waals surface area (Å²) in [6, 6.07) is 46.7. The number of para-hydroxylation sites is 1. The van der Waals surface area contributed by atoms with Gasteiger partial charge >= 0.3 is 0 Å². The Bertz CT molecular complexity index is 3460. The highest BCUT2D eigenvalue weighted by Gasteiger charge is 2.43. The quantitative estimate of drug-likeness (QED) is 0.178. The molecular formula is C65H68BN2O. The van der Waals surface area contributed by atoms with Crippen molar-refractivity contribution in [1.82, 2.24) is 0 Å². The molecule has 8 aromatic rings. The Morgan fingerprint density at radius 3 is 1.84 bits per heavy atom. The van der Waals surface area contributed by atoms with Crippen molar-refractivity contribution in [2.45, 2.75) is 148 Å². The van der Waals surface area contributed by atoms with E-state index in [4.69, 9.17) is 4.42 Å².